The van der Waals surface area contributed by atoms with Crippen LogP contribution in [-0.4, -0.2) is 13.7 Å². The van der Waals surface area contributed by atoms with Crippen LogP contribution in [0, 0.1) is 5.92 Å². The Morgan fingerprint density at radius 2 is 1.62 bits per heavy atom. The fourth-order valence-electron chi connectivity index (χ4n) is 2.35. The monoisotopic (exact) mass is 184 g/mol. The molecular formula is C12H24O. The second kappa shape index (κ2) is 7.37. The number of methoxy groups -OCH3 is 1. The summed E-state index contributed by atoms with van der Waals surface area (Å²) in [7, 11) is 1.80. The summed E-state index contributed by atoms with van der Waals surface area (Å²) in [5.74, 6) is 1.01. The summed E-state index contributed by atoms with van der Waals surface area (Å²) in [4.78, 5) is 0. The smallest absolute Gasteiger partial charge is 0.0462 e. The molecule has 0 radical (unpaired) electrons. The molecule has 1 nitrogen and oxygen atoms in total. The average Bonchev–Trinajstić information content (AvgIpc) is 2.08. The van der Waals surface area contributed by atoms with E-state index in [1.165, 1.54) is 57.8 Å². The van der Waals surface area contributed by atoms with Gasteiger partial charge < -0.3 is 4.74 Å². The van der Waals surface area contributed by atoms with Gasteiger partial charge in [-0.05, 0) is 18.8 Å². The molecule has 1 aliphatic rings. The number of rotatable bonds is 4. The Labute approximate surface area is 82.9 Å². The molecule has 0 spiro atoms. The molecule has 1 rings (SSSR count). The van der Waals surface area contributed by atoms with Gasteiger partial charge in [0, 0.05) is 13.7 Å². The van der Waals surface area contributed by atoms with Crippen molar-refractivity contribution in [1.29, 1.82) is 0 Å². The first kappa shape index (κ1) is 11.0. The molecule has 0 heterocycles. The quantitative estimate of drug-likeness (QED) is 0.604. The Morgan fingerprint density at radius 1 is 1.00 bits per heavy atom. The molecule has 78 valence electrons. The van der Waals surface area contributed by atoms with Crippen molar-refractivity contribution >= 4 is 0 Å². The Balaban J connectivity index is 2.06. The molecule has 1 saturated carbocycles. The van der Waals surface area contributed by atoms with Crippen LogP contribution in [0.4, 0.5) is 0 Å². The third-order valence-corrected chi connectivity index (χ3v) is 3.19. The first-order chi connectivity index (χ1) is 6.43. The third kappa shape index (κ3) is 5.30. The minimum Gasteiger partial charge on any atom is -0.385 e. The summed E-state index contributed by atoms with van der Waals surface area (Å²) in [6.45, 7) is 0.955. The molecule has 1 aliphatic carbocycles. The Morgan fingerprint density at radius 3 is 2.23 bits per heavy atom. The largest absolute Gasteiger partial charge is 0.385 e. The average molecular weight is 184 g/mol. The predicted molar refractivity (Wildman–Crippen MR) is 56.9 cm³/mol. The molecule has 0 atom stereocenters. The van der Waals surface area contributed by atoms with Crippen LogP contribution < -0.4 is 0 Å². The van der Waals surface area contributed by atoms with Crippen molar-refractivity contribution in [2.24, 2.45) is 5.92 Å². The fraction of sp³-hybridized carbons (Fsp3) is 1.00. The Kier molecular flexibility index (Phi) is 6.26. The highest BCUT2D eigenvalue weighted by Gasteiger charge is 2.10. The van der Waals surface area contributed by atoms with Gasteiger partial charge in [0.05, 0.1) is 0 Å². The number of hydrogen-bond donors (Lipinski definition) is 0. The highest BCUT2D eigenvalue weighted by Crippen LogP contribution is 2.25. The molecule has 0 aliphatic heterocycles. The van der Waals surface area contributed by atoms with Crippen molar-refractivity contribution < 1.29 is 4.74 Å². The van der Waals surface area contributed by atoms with Crippen LogP contribution in [0.1, 0.15) is 57.8 Å². The SMILES string of the molecule is COCCCC1CCCCCCC1. The highest BCUT2D eigenvalue weighted by atomic mass is 16.5. The second-order valence-electron chi connectivity index (χ2n) is 4.35. The van der Waals surface area contributed by atoms with Crippen LogP contribution in [0.5, 0.6) is 0 Å². The zero-order chi connectivity index (χ0) is 9.36. The molecule has 1 fully saturated rings. The van der Waals surface area contributed by atoms with Crippen LogP contribution in [0.25, 0.3) is 0 Å². The first-order valence-corrected chi connectivity index (χ1v) is 5.92. The van der Waals surface area contributed by atoms with Crippen LogP contribution in [0.3, 0.4) is 0 Å². The standard InChI is InChI=1S/C12H24O/c1-13-11-7-10-12-8-5-3-2-4-6-9-12/h12H,2-11H2,1H3. The summed E-state index contributed by atoms with van der Waals surface area (Å²) in [6, 6.07) is 0. The maximum atomic E-state index is 5.09. The molecule has 0 saturated heterocycles. The second-order valence-corrected chi connectivity index (χ2v) is 4.35. The van der Waals surface area contributed by atoms with E-state index in [1.54, 1.807) is 7.11 Å². The molecule has 13 heavy (non-hydrogen) atoms. The minimum absolute atomic E-state index is 0.955. The van der Waals surface area contributed by atoms with E-state index in [4.69, 9.17) is 4.74 Å². The molecule has 1 heteroatoms. The van der Waals surface area contributed by atoms with Crippen LogP contribution in [0.15, 0.2) is 0 Å². The molecule has 0 aromatic carbocycles. The molecule has 0 aromatic heterocycles. The van der Waals surface area contributed by atoms with E-state index in [-0.39, 0.29) is 0 Å². The van der Waals surface area contributed by atoms with Crippen molar-refractivity contribution in [3.63, 3.8) is 0 Å². The molecule has 0 bridgehead atoms. The molecule has 0 unspecified atom stereocenters. The predicted octanol–water partition coefficient (Wildman–Crippen LogP) is 3.77. The van der Waals surface area contributed by atoms with Crippen LogP contribution >= 0.6 is 0 Å². The number of hydrogen-bond acceptors (Lipinski definition) is 1. The summed E-state index contributed by atoms with van der Waals surface area (Å²) in [6.07, 6.45) is 13.0. The summed E-state index contributed by atoms with van der Waals surface area (Å²) in [5.41, 5.74) is 0. The van der Waals surface area contributed by atoms with Gasteiger partial charge in [0.1, 0.15) is 0 Å². The van der Waals surface area contributed by atoms with E-state index in [2.05, 4.69) is 0 Å². The van der Waals surface area contributed by atoms with E-state index in [9.17, 15) is 0 Å². The lowest BCUT2D eigenvalue weighted by Gasteiger charge is -2.19. The maximum absolute atomic E-state index is 5.09. The summed E-state index contributed by atoms with van der Waals surface area (Å²) in [5, 5.41) is 0. The molecule has 0 N–H and O–H groups in total. The minimum atomic E-state index is 0.955. The maximum Gasteiger partial charge on any atom is 0.0462 e. The van der Waals surface area contributed by atoms with Crippen LogP contribution in [0.2, 0.25) is 0 Å². The first-order valence-electron chi connectivity index (χ1n) is 5.92. The van der Waals surface area contributed by atoms with Crippen molar-refractivity contribution in [2.75, 3.05) is 13.7 Å². The lowest BCUT2D eigenvalue weighted by atomic mass is 9.88. The zero-order valence-corrected chi connectivity index (χ0v) is 9.06. The Bertz CT molecular complexity index is 104. The van der Waals surface area contributed by atoms with Crippen molar-refractivity contribution in [3.8, 4) is 0 Å². The van der Waals surface area contributed by atoms with Gasteiger partial charge in [-0.15, -0.1) is 0 Å². The van der Waals surface area contributed by atoms with Crippen molar-refractivity contribution in [3.05, 3.63) is 0 Å². The fourth-order valence-corrected chi connectivity index (χ4v) is 2.35. The van der Waals surface area contributed by atoms with E-state index in [1.807, 2.05) is 0 Å². The van der Waals surface area contributed by atoms with Crippen LogP contribution in [-0.2, 0) is 4.74 Å². The van der Waals surface area contributed by atoms with E-state index >= 15 is 0 Å². The topological polar surface area (TPSA) is 9.23 Å². The van der Waals surface area contributed by atoms with Crippen molar-refractivity contribution in [2.45, 2.75) is 57.8 Å². The van der Waals surface area contributed by atoms with Gasteiger partial charge >= 0.3 is 0 Å². The summed E-state index contributed by atoms with van der Waals surface area (Å²) >= 11 is 0. The summed E-state index contributed by atoms with van der Waals surface area (Å²) < 4.78 is 5.09. The van der Waals surface area contributed by atoms with Gasteiger partial charge in [0.2, 0.25) is 0 Å². The van der Waals surface area contributed by atoms with Gasteiger partial charge in [-0.25, -0.2) is 0 Å². The van der Waals surface area contributed by atoms with Gasteiger partial charge in [-0.1, -0.05) is 44.9 Å². The van der Waals surface area contributed by atoms with E-state index in [0.29, 0.717) is 0 Å². The van der Waals surface area contributed by atoms with Gasteiger partial charge in [0.25, 0.3) is 0 Å². The van der Waals surface area contributed by atoms with Gasteiger partial charge in [-0.3, -0.25) is 0 Å². The number of ether oxygens (including phenoxy) is 1. The molecule has 0 aromatic rings. The van der Waals surface area contributed by atoms with E-state index < -0.39 is 0 Å². The zero-order valence-electron chi connectivity index (χ0n) is 9.06. The van der Waals surface area contributed by atoms with Gasteiger partial charge in [-0.2, -0.15) is 0 Å². The third-order valence-electron chi connectivity index (χ3n) is 3.19. The highest BCUT2D eigenvalue weighted by molar-refractivity contribution is 4.63. The Hall–Kier alpha value is -0.0400. The van der Waals surface area contributed by atoms with E-state index in [0.717, 1.165) is 12.5 Å². The normalized spacial score (nSPS) is 21.0. The lowest BCUT2D eigenvalue weighted by molar-refractivity contribution is 0.183. The van der Waals surface area contributed by atoms with Crippen molar-refractivity contribution in [1.82, 2.24) is 0 Å². The van der Waals surface area contributed by atoms with Gasteiger partial charge in [0.15, 0.2) is 0 Å². The lowest BCUT2D eigenvalue weighted by Crippen LogP contribution is -2.05. The molecule has 0 amide bonds. The molecular weight excluding hydrogens is 160 g/mol.